The van der Waals surface area contributed by atoms with Crippen molar-refractivity contribution >= 4 is 17.4 Å². The fourth-order valence-electron chi connectivity index (χ4n) is 2.87. The summed E-state index contributed by atoms with van der Waals surface area (Å²) >= 11 is 0. The number of rotatable bonds is 1. The van der Waals surface area contributed by atoms with E-state index in [0.29, 0.717) is 5.56 Å². The fourth-order valence-corrected chi connectivity index (χ4v) is 2.87. The highest BCUT2D eigenvalue weighted by molar-refractivity contribution is 6.20. The Morgan fingerprint density at radius 1 is 1.00 bits per heavy atom. The molecule has 23 heavy (non-hydrogen) atoms. The first-order valence-electron chi connectivity index (χ1n) is 7.52. The van der Waals surface area contributed by atoms with Gasteiger partial charge in [-0.1, -0.05) is 12.1 Å². The third-order valence-electron chi connectivity index (χ3n) is 4.07. The average Bonchev–Trinajstić information content (AvgIpc) is 2.61. The van der Waals surface area contributed by atoms with Crippen molar-refractivity contribution in [3.05, 3.63) is 65.2 Å². The van der Waals surface area contributed by atoms with Crippen molar-refractivity contribution in [2.75, 3.05) is 20.1 Å². The standard InChI is InChI=1S/C18H15N5/c1-22-10-11-23-17(14-8-6-13(12-19)7-9-14)20-16-5-3-2-4-15(16)18(23)21-22/h2-9H,10-11H2,1H3. The Bertz CT molecular complexity index is 858. The lowest BCUT2D eigenvalue weighted by Gasteiger charge is -2.36. The van der Waals surface area contributed by atoms with Crippen molar-refractivity contribution < 1.29 is 0 Å². The Labute approximate surface area is 134 Å². The molecule has 0 N–H and O–H groups in total. The highest BCUT2D eigenvalue weighted by Crippen LogP contribution is 2.29. The van der Waals surface area contributed by atoms with Gasteiger partial charge in [-0.25, -0.2) is 4.99 Å². The van der Waals surface area contributed by atoms with Gasteiger partial charge in [0, 0.05) is 24.7 Å². The summed E-state index contributed by atoms with van der Waals surface area (Å²) in [6.45, 7) is 1.68. The molecule has 2 aliphatic rings. The van der Waals surface area contributed by atoms with Gasteiger partial charge in [0.2, 0.25) is 0 Å². The van der Waals surface area contributed by atoms with Gasteiger partial charge < -0.3 is 4.90 Å². The maximum absolute atomic E-state index is 8.97. The SMILES string of the molecule is CN1CCN2C(c3ccc(C#N)cc3)=Nc3ccccc3C2=N1. The van der Waals surface area contributed by atoms with Crippen LogP contribution >= 0.6 is 0 Å². The Hall–Kier alpha value is -3.13. The number of para-hydroxylation sites is 1. The number of hydrogen-bond donors (Lipinski definition) is 0. The van der Waals surface area contributed by atoms with Crippen LogP contribution < -0.4 is 0 Å². The van der Waals surface area contributed by atoms with E-state index in [9.17, 15) is 0 Å². The van der Waals surface area contributed by atoms with E-state index in [4.69, 9.17) is 15.4 Å². The smallest absolute Gasteiger partial charge is 0.163 e. The summed E-state index contributed by atoms with van der Waals surface area (Å²) in [5.41, 5.74) is 3.63. The van der Waals surface area contributed by atoms with Crippen molar-refractivity contribution in [2.24, 2.45) is 10.1 Å². The molecule has 0 radical (unpaired) electrons. The molecular weight excluding hydrogens is 286 g/mol. The lowest BCUT2D eigenvalue weighted by Crippen LogP contribution is -2.48. The molecule has 2 aliphatic heterocycles. The minimum atomic E-state index is 0.651. The van der Waals surface area contributed by atoms with E-state index in [-0.39, 0.29) is 0 Å². The van der Waals surface area contributed by atoms with Gasteiger partial charge in [-0.05, 0) is 36.4 Å². The molecule has 5 nitrogen and oxygen atoms in total. The van der Waals surface area contributed by atoms with Crippen LogP contribution in [-0.2, 0) is 0 Å². The largest absolute Gasteiger partial charge is 0.307 e. The van der Waals surface area contributed by atoms with Gasteiger partial charge >= 0.3 is 0 Å². The van der Waals surface area contributed by atoms with Crippen molar-refractivity contribution in [3.8, 4) is 6.07 Å². The van der Waals surface area contributed by atoms with Crippen LogP contribution in [0.1, 0.15) is 16.7 Å². The zero-order valence-electron chi connectivity index (χ0n) is 12.8. The molecule has 112 valence electrons. The van der Waals surface area contributed by atoms with Crippen LogP contribution in [-0.4, -0.2) is 41.7 Å². The van der Waals surface area contributed by atoms with Gasteiger partial charge in [0.15, 0.2) is 5.84 Å². The molecule has 0 aliphatic carbocycles. The summed E-state index contributed by atoms with van der Waals surface area (Å²) in [6, 6.07) is 17.8. The molecule has 0 atom stereocenters. The second-order valence-corrected chi connectivity index (χ2v) is 5.60. The van der Waals surface area contributed by atoms with E-state index in [2.05, 4.69) is 17.0 Å². The topological polar surface area (TPSA) is 55.0 Å². The summed E-state index contributed by atoms with van der Waals surface area (Å²) < 4.78 is 0. The van der Waals surface area contributed by atoms with E-state index < -0.39 is 0 Å². The van der Waals surface area contributed by atoms with Gasteiger partial charge in [0.25, 0.3) is 0 Å². The first-order chi connectivity index (χ1) is 11.3. The third-order valence-corrected chi connectivity index (χ3v) is 4.07. The van der Waals surface area contributed by atoms with Crippen LogP contribution in [0, 0.1) is 11.3 Å². The predicted octanol–water partition coefficient (Wildman–Crippen LogP) is 2.56. The van der Waals surface area contributed by atoms with Crippen LogP contribution in [0.3, 0.4) is 0 Å². The number of aliphatic imine (C=N–C) groups is 1. The molecule has 0 saturated heterocycles. The van der Waals surface area contributed by atoms with E-state index >= 15 is 0 Å². The van der Waals surface area contributed by atoms with Crippen LogP contribution in [0.4, 0.5) is 5.69 Å². The van der Waals surface area contributed by atoms with Gasteiger partial charge in [-0.3, -0.25) is 5.01 Å². The van der Waals surface area contributed by atoms with E-state index in [1.54, 1.807) is 0 Å². The molecule has 2 heterocycles. The molecular formula is C18H15N5. The predicted molar refractivity (Wildman–Crippen MR) is 89.7 cm³/mol. The quantitative estimate of drug-likeness (QED) is 0.813. The monoisotopic (exact) mass is 301 g/mol. The number of hydrogen-bond acceptors (Lipinski definition) is 5. The minimum Gasteiger partial charge on any atom is -0.307 e. The van der Waals surface area contributed by atoms with Crippen LogP contribution in [0.5, 0.6) is 0 Å². The molecule has 0 fully saturated rings. The van der Waals surface area contributed by atoms with Crippen molar-refractivity contribution in [3.63, 3.8) is 0 Å². The summed E-state index contributed by atoms with van der Waals surface area (Å²) in [4.78, 5) is 7.00. The van der Waals surface area contributed by atoms with Crippen molar-refractivity contribution in [2.45, 2.75) is 0 Å². The molecule has 0 unspecified atom stereocenters. The summed E-state index contributed by atoms with van der Waals surface area (Å²) in [5.74, 6) is 1.82. The van der Waals surface area contributed by atoms with Crippen molar-refractivity contribution in [1.82, 2.24) is 9.91 Å². The Morgan fingerprint density at radius 3 is 2.57 bits per heavy atom. The molecule has 0 amide bonds. The van der Waals surface area contributed by atoms with Crippen LogP contribution in [0.25, 0.3) is 0 Å². The van der Waals surface area contributed by atoms with Crippen LogP contribution in [0.15, 0.2) is 58.6 Å². The third kappa shape index (κ3) is 2.25. The number of nitriles is 1. The lowest BCUT2D eigenvalue weighted by molar-refractivity contribution is 0.303. The first-order valence-corrected chi connectivity index (χ1v) is 7.52. The summed E-state index contributed by atoms with van der Waals surface area (Å²) in [6.07, 6.45) is 0. The van der Waals surface area contributed by atoms with Gasteiger partial charge in [-0.15, -0.1) is 0 Å². The number of benzene rings is 2. The Balaban J connectivity index is 1.87. The number of fused-ring (bicyclic) bond motifs is 3. The van der Waals surface area contributed by atoms with E-state index in [0.717, 1.165) is 41.6 Å². The van der Waals surface area contributed by atoms with Gasteiger partial charge in [0.1, 0.15) is 5.84 Å². The lowest BCUT2D eigenvalue weighted by atomic mass is 10.0. The highest BCUT2D eigenvalue weighted by Gasteiger charge is 2.30. The van der Waals surface area contributed by atoms with E-state index in [1.165, 1.54) is 0 Å². The zero-order chi connectivity index (χ0) is 15.8. The Kier molecular flexibility index (Phi) is 3.09. The zero-order valence-corrected chi connectivity index (χ0v) is 12.8. The number of amidine groups is 2. The maximum atomic E-state index is 8.97. The first kappa shape index (κ1) is 13.5. The summed E-state index contributed by atoms with van der Waals surface area (Å²) in [5, 5.41) is 15.6. The molecule has 2 aromatic rings. The number of hydrazone groups is 1. The number of nitrogens with zero attached hydrogens (tertiary/aromatic N) is 5. The molecule has 2 aromatic carbocycles. The molecule has 5 heteroatoms. The van der Waals surface area contributed by atoms with E-state index in [1.807, 2.05) is 54.5 Å². The van der Waals surface area contributed by atoms with Crippen molar-refractivity contribution in [1.29, 1.82) is 5.26 Å². The normalized spacial score (nSPS) is 16.0. The second-order valence-electron chi connectivity index (χ2n) is 5.60. The molecule has 4 rings (SSSR count). The number of likely N-dealkylation sites (N-methyl/N-ethyl adjacent to an activating group) is 1. The maximum Gasteiger partial charge on any atom is 0.163 e. The molecule has 0 aromatic heterocycles. The minimum absolute atomic E-state index is 0.651. The average molecular weight is 301 g/mol. The fraction of sp³-hybridized carbons (Fsp3) is 0.167. The second kappa shape index (κ2) is 5.25. The van der Waals surface area contributed by atoms with Crippen LogP contribution in [0.2, 0.25) is 0 Å². The Morgan fingerprint density at radius 2 is 1.78 bits per heavy atom. The summed E-state index contributed by atoms with van der Waals surface area (Å²) in [7, 11) is 1.99. The highest BCUT2D eigenvalue weighted by atomic mass is 15.5. The van der Waals surface area contributed by atoms with Gasteiger partial charge in [-0.2, -0.15) is 10.4 Å². The molecule has 0 saturated carbocycles. The van der Waals surface area contributed by atoms with Gasteiger partial charge in [0.05, 0.1) is 23.9 Å². The molecule has 0 bridgehead atoms. The molecule has 0 spiro atoms.